The number of thiocarbonyl (C=S) groups is 1. The maximum absolute atomic E-state index is 12.0. The number of hydrogen-bond donors (Lipinski definition) is 2. The van der Waals surface area contributed by atoms with Gasteiger partial charge in [-0.2, -0.15) is 0 Å². The third-order valence-electron chi connectivity index (χ3n) is 3.30. The van der Waals surface area contributed by atoms with Gasteiger partial charge in [-0.15, -0.1) is 0 Å². The Bertz CT molecular complexity index is 296. The van der Waals surface area contributed by atoms with E-state index in [0.717, 1.165) is 6.42 Å². The average molecular weight is 244 g/mol. The van der Waals surface area contributed by atoms with Gasteiger partial charge in [0.15, 0.2) is 0 Å². The molecule has 0 aromatic carbocycles. The van der Waals surface area contributed by atoms with Crippen molar-refractivity contribution in [3.63, 3.8) is 0 Å². The van der Waals surface area contributed by atoms with Crippen LogP contribution >= 0.6 is 12.2 Å². The van der Waals surface area contributed by atoms with Crippen molar-refractivity contribution in [1.82, 2.24) is 5.32 Å². The summed E-state index contributed by atoms with van der Waals surface area (Å²) in [4.78, 5) is 12.3. The Kier molecular flexibility index (Phi) is 4.27. The van der Waals surface area contributed by atoms with Crippen LogP contribution in [0.5, 0.6) is 0 Å². The number of nitrogens with one attached hydrogen (secondary N) is 1. The fourth-order valence-electron chi connectivity index (χ4n) is 1.70. The first-order valence-electron chi connectivity index (χ1n) is 5.64. The molecular weight excluding hydrogens is 224 g/mol. The predicted molar refractivity (Wildman–Crippen MR) is 67.1 cm³/mol. The summed E-state index contributed by atoms with van der Waals surface area (Å²) in [6, 6.07) is 0. The topological polar surface area (TPSA) is 64.3 Å². The standard InChI is InChI=1S/C11H20N2O2S/c1-4-11(3,10(12)16)13-9(14)8-7(2)5-6-15-8/h7-8H,4-6H2,1-3H3,(H2,12,16)(H,13,14). The highest BCUT2D eigenvalue weighted by atomic mass is 32.1. The molecule has 92 valence electrons. The number of ether oxygens (including phenoxy) is 1. The van der Waals surface area contributed by atoms with Gasteiger partial charge in [0, 0.05) is 6.61 Å². The largest absolute Gasteiger partial charge is 0.391 e. The lowest BCUT2D eigenvalue weighted by Gasteiger charge is -2.30. The minimum Gasteiger partial charge on any atom is -0.391 e. The molecule has 0 aliphatic carbocycles. The molecule has 0 spiro atoms. The molecule has 1 fully saturated rings. The summed E-state index contributed by atoms with van der Waals surface area (Å²) in [5, 5.41) is 2.88. The van der Waals surface area contributed by atoms with E-state index in [1.54, 1.807) is 0 Å². The summed E-state index contributed by atoms with van der Waals surface area (Å²) in [7, 11) is 0. The lowest BCUT2D eigenvalue weighted by atomic mass is 9.97. The van der Waals surface area contributed by atoms with Crippen molar-refractivity contribution >= 4 is 23.1 Å². The molecule has 16 heavy (non-hydrogen) atoms. The van der Waals surface area contributed by atoms with Crippen molar-refractivity contribution in [3.05, 3.63) is 0 Å². The molecule has 0 aromatic rings. The first-order chi connectivity index (χ1) is 7.40. The molecule has 0 radical (unpaired) electrons. The molecule has 3 unspecified atom stereocenters. The number of rotatable bonds is 4. The van der Waals surface area contributed by atoms with Crippen LogP contribution in [0, 0.1) is 5.92 Å². The lowest BCUT2D eigenvalue weighted by Crippen LogP contribution is -2.56. The summed E-state index contributed by atoms with van der Waals surface area (Å²) in [6.07, 6.45) is 1.24. The maximum Gasteiger partial charge on any atom is 0.250 e. The maximum atomic E-state index is 12.0. The summed E-state index contributed by atoms with van der Waals surface area (Å²) in [5.74, 6) is 0.148. The van der Waals surface area contributed by atoms with Crippen molar-refractivity contribution in [3.8, 4) is 0 Å². The smallest absolute Gasteiger partial charge is 0.250 e. The number of carbonyl (C=O) groups is 1. The van der Waals surface area contributed by atoms with Crippen LogP contribution in [-0.4, -0.2) is 29.1 Å². The van der Waals surface area contributed by atoms with E-state index in [1.165, 1.54) is 0 Å². The van der Waals surface area contributed by atoms with Crippen LogP contribution in [-0.2, 0) is 9.53 Å². The van der Waals surface area contributed by atoms with Gasteiger partial charge in [-0.1, -0.05) is 26.1 Å². The average Bonchev–Trinajstić information content (AvgIpc) is 2.64. The molecule has 1 heterocycles. The molecule has 1 aliphatic heterocycles. The molecule has 0 saturated carbocycles. The summed E-state index contributed by atoms with van der Waals surface area (Å²) < 4.78 is 5.40. The van der Waals surface area contributed by atoms with Crippen LogP contribution in [0.3, 0.4) is 0 Å². The Morgan fingerprint density at radius 3 is 2.69 bits per heavy atom. The third-order valence-corrected chi connectivity index (χ3v) is 3.75. The van der Waals surface area contributed by atoms with Crippen LogP contribution in [0.4, 0.5) is 0 Å². The van der Waals surface area contributed by atoms with Gasteiger partial charge < -0.3 is 15.8 Å². The Morgan fingerprint density at radius 1 is 1.69 bits per heavy atom. The minimum absolute atomic E-state index is 0.109. The second-order valence-electron chi connectivity index (χ2n) is 4.60. The highest BCUT2D eigenvalue weighted by Gasteiger charge is 2.35. The third kappa shape index (κ3) is 2.71. The van der Waals surface area contributed by atoms with Gasteiger partial charge >= 0.3 is 0 Å². The Hall–Kier alpha value is -0.680. The van der Waals surface area contributed by atoms with Crippen LogP contribution in [0.25, 0.3) is 0 Å². The molecule has 1 rings (SSSR count). The zero-order valence-corrected chi connectivity index (χ0v) is 10.9. The molecule has 1 saturated heterocycles. The predicted octanol–water partition coefficient (Wildman–Crippen LogP) is 0.982. The number of hydrogen-bond acceptors (Lipinski definition) is 3. The molecular formula is C11H20N2O2S. The van der Waals surface area contributed by atoms with Gasteiger partial charge in [-0.05, 0) is 25.7 Å². The van der Waals surface area contributed by atoms with Gasteiger partial charge in [0.1, 0.15) is 6.10 Å². The van der Waals surface area contributed by atoms with Crippen LogP contribution in [0.1, 0.15) is 33.6 Å². The zero-order valence-electron chi connectivity index (χ0n) is 10.1. The second-order valence-corrected chi connectivity index (χ2v) is 5.04. The van der Waals surface area contributed by atoms with Crippen molar-refractivity contribution in [2.75, 3.05) is 6.61 Å². The lowest BCUT2D eigenvalue weighted by molar-refractivity contribution is -0.132. The van der Waals surface area contributed by atoms with Gasteiger partial charge in [-0.3, -0.25) is 4.79 Å². The second kappa shape index (κ2) is 5.10. The van der Waals surface area contributed by atoms with E-state index < -0.39 is 5.54 Å². The molecule has 5 heteroatoms. The van der Waals surface area contributed by atoms with E-state index in [4.69, 9.17) is 22.7 Å². The molecule has 3 N–H and O–H groups in total. The number of nitrogens with two attached hydrogens (primary N) is 1. The normalized spacial score (nSPS) is 28.4. The Balaban J connectivity index is 2.65. The molecule has 1 aliphatic rings. The van der Waals surface area contributed by atoms with E-state index in [-0.39, 0.29) is 17.9 Å². The molecule has 0 aromatic heterocycles. The highest BCUT2D eigenvalue weighted by Crippen LogP contribution is 2.21. The van der Waals surface area contributed by atoms with Gasteiger partial charge in [0.05, 0.1) is 10.5 Å². The quantitative estimate of drug-likeness (QED) is 0.724. The van der Waals surface area contributed by atoms with Gasteiger partial charge in [0.25, 0.3) is 0 Å². The van der Waals surface area contributed by atoms with Crippen LogP contribution < -0.4 is 11.1 Å². The summed E-state index contributed by atoms with van der Waals surface area (Å²) in [5.41, 5.74) is 5.03. The SMILES string of the molecule is CCC(C)(NC(=O)C1OCCC1C)C(N)=S. The fourth-order valence-corrected chi connectivity index (χ4v) is 1.89. The Morgan fingerprint density at radius 2 is 2.31 bits per heavy atom. The first kappa shape index (κ1) is 13.4. The van der Waals surface area contributed by atoms with E-state index in [9.17, 15) is 4.79 Å². The van der Waals surface area contributed by atoms with Crippen molar-refractivity contribution in [2.45, 2.75) is 45.3 Å². The zero-order chi connectivity index (χ0) is 12.3. The minimum atomic E-state index is -0.613. The van der Waals surface area contributed by atoms with E-state index in [1.807, 2.05) is 20.8 Å². The summed E-state index contributed by atoms with van der Waals surface area (Å²) in [6.45, 7) is 6.45. The highest BCUT2D eigenvalue weighted by molar-refractivity contribution is 7.80. The van der Waals surface area contributed by atoms with Crippen molar-refractivity contribution < 1.29 is 9.53 Å². The van der Waals surface area contributed by atoms with E-state index >= 15 is 0 Å². The van der Waals surface area contributed by atoms with Crippen molar-refractivity contribution in [1.29, 1.82) is 0 Å². The van der Waals surface area contributed by atoms with E-state index in [0.29, 0.717) is 18.0 Å². The van der Waals surface area contributed by atoms with Crippen LogP contribution in [0.2, 0.25) is 0 Å². The van der Waals surface area contributed by atoms with Gasteiger partial charge in [-0.25, -0.2) is 0 Å². The van der Waals surface area contributed by atoms with Crippen LogP contribution in [0.15, 0.2) is 0 Å². The molecule has 3 atom stereocenters. The monoisotopic (exact) mass is 244 g/mol. The van der Waals surface area contributed by atoms with E-state index in [2.05, 4.69) is 5.32 Å². The fraction of sp³-hybridized carbons (Fsp3) is 0.818. The number of carbonyl (C=O) groups excluding carboxylic acids is 1. The molecule has 0 bridgehead atoms. The molecule has 4 nitrogen and oxygen atoms in total. The first-order valence-corrected chi connectivity index (χ1v) is 6.05. The van der Waals surface area contributed by atoms with Gasteiger partial charge in [0.2, 0.25) is 5.91 Å². The number of amides is 1. The molecule has 1 amide bonds. The van der Waals surface area contributed by atoms with Crippen molar-refractivity contribution in [2.24, 2.45) is 11.7 Å². The Labute approximate surface area is 102 Å². The summed E-state index contributed by atoms with van der Waals surface area (Å²) >= 11 is 4.97.